The highest BCUT2D eigenvalue weighted by Crippen LogP contribution is 2.24. The average molecular weight is 412 g/mol. The molecule has 2 fully saturated rings. The molecule has 1 aromatic rings. The van der Waals surface area contributed by atoms with Crippen molar-refractivity contribution in [2.45, 2.75) is 24.2 Å². The van der Waals surface area contributed by atoms with Gasteiger partial charge in [0.25, 0.3) is 5.91 Å². The number of sulfonamides is 1. The quantitative estimate of drug-likeness (QED) is 0.641. The number of carbonyl (C=O) groups is 1. The van der Waals surface area contributed by atoms with Gasteiger partial charge in [-0.25, -0.2) is 13.1 Å². The Morgan fingerprint density at radius 2 is 1.89 bits per heavy atom. The molecule has 0 aromatic heterocycles. The minimum Gasteiger partial charge on any atom is -0.496 e. The van der Waals surface area contributed by atoms with E-state index in [1.807, 2.05) is 0 Å². The summed E-state index contributed by atoms with van der Waals surface area (Å²) in [6.45, 7) is 5.37. The molecule has 2 aliphatic rings. The van der Waals surface area contributed by atoms with Crippen molar-refractivity contribution in [1.82, 2.24) is 14.5 Å². The molecule has 1 aromatic carbocycles. The van der Waals surface area contributed by atoms with Crippen LogP contribution >= 0.6 is 0 Å². The fraction of sp³-hybridized carbons (Fsp3) is 0.632. The van der Waals surface area contributed by atoms with Crippen molar-refractivity contribution in [3.63, 3.8) is 0 Å². The summed E-state index contributed by atoms with van der Waals surface area (Å²) in [7, 11) is -2.22. The van der Waals surface area contributed by atoms with E-state index in [1.165, 1.54) is 38.2 Å². The average Bonchev–Trinajstić information content (AvgIpc) is 3.24. The number of nitrogens with zero attached hydrogens (tertiary/aromatic N) is 2. The van der Waals surface area contributed by atoms with Crippen LogP contribution in [0.1, 0.15) is 29.6 Å². The largest absolute Gasteiger partial charge is 0.496 e. The lowest BCUT2D eigenvalue weighted by Gasteiger charge is -2.27. The Hall–Kier alpha value is -1.68. The molecule has 1 amide bonds. The molecule has 3 rings (SSSR count). The highest BCUT2D eigenvalue weighted by atomic mass is 32.2. The van der Waals surface area contributed by atoms with Crippen LogP contribution in [0.3, 0.4) is 0 Å². The van der Waals surface area contributed by atoms with Gasteiger partial charge in [0.1, 0.15) is 5.75 Å². The predicted molar refractivity (Wildman–Crippen MR) is 105 cm³/mol. The van der Waals surface area contributed by atoms with Crippen molar-refractivity contribution in [3.8, 4) is 5.75 Å². The van der Waals surface area contributed by atoms with Gasteiger partial charge in [0.05, 0.1) is 30.8 Å². The van der Waals surface area contributed by atoms with Gasteiger partial charge in [-0.2, -0.15) is 0 Å². The Balaban J connectivity index is 1.67. The van der Waals surface area contributed by atoms with Crippen LogP contribution in [-0.4, -0.2) is 83.7 Å². The number of hydrogen-bond donors (Lipinski definition) is 1. The van der Waals surface area contributed by atoms with Crippen LogP contribution < -0.4 is 9.46 Å². The van der Waals surface area contributed by atoms with Gasteiger partial charge in [0.2, 0.25) is 10.0 Å². The van der Waals surface area contributed by atoms with Crippen molar-refractivity contribution in [1.29, 1.82) is 0 Å². The maximum absolute atomic E-state index is 12.8. The van der Waals surface area contributed by atoms with Crippen LogP contribution in [0.5, 0.6) is 5.75 Å². The number of likely N-dealkylation sites (tertiary alicyclic amines) is 1. The number of hydrogen-bond acceptors (Lipinski definition) is 6. The van der Waals surface area contributed by atoms with Gasteiger partial charge in [-0.05, 0) is 57.1 Å². The Labute approximate surface area is 166 Å². The van der Waals surface area contributed by atoms with Crippen LogP contribution in [0.4, 0.5) is 0 Å². The van der Waals surface area contributed by atoms with Gasteiger partial charge in [0.15, 0.2) is 0 Å². The molecule has 0 spiro atoms. The normalized spacial score (nSPS) is 18.4. The van der Waals surface area contributed by atoms with Crippen LogP contribution in [0.25, 0.3) is 0 Å². The Morgan fingerprint density at radius 1 is 1.18 bits per heavy atom. The van der Waals surface area contributed by atoms with Gasteiger partial charge in [-0.15, -0.1) is 0 Å². The number of nitrogens with one attached hydrogen (secondary N) is 1. The van der Waals surface area contributed by atoms with Crippen LogP contribution in [0.15, 0.2) is 23.1 Å². The van der Waals surface area contributed by atoms with Gasteiger partial charge in [0, 0.05) is 19.6 Å². The monoisotopic (exact) mass is 411 g/mol. The molecule has 1 N–H and O–H groups in total. The zero-order valence-electron chi connectivity index (χ0n) is 16.4. The number of amides is 1. The summed E-state index contributed by atoms with van der Waals surface area (Å²) in [5, 5.41) is 0. The third kappa shape index (κ3) is 5.22. The van der Waals surface area contributed by atoms with Gasteiger partial charge in [-0.1, -0.05) is 0 Å². The fourth-order valence-electron chi connectivity index (χ4n) is 3.56. The Kier molecular flexibility index (Phi) is 7.28. The summed E-state index contributed by atoms with van der Waals surface area (Å²) >= 11 is 0. The van der Waals surface area contributed by atoms with E-state index in [1.54, 1.807) is 4.90 Å². The number of rotatable bonds is 8. The zero-order chi connectivity index (χ0) is 20.0. The van der Waals surface area contributed by atoms with Crippen molar-refractivity contribution >= 4 is 15.9 Å². The first-order valence-corrected chi connectivity index (χ1v) is 11.3. The molecule has 0 aliphatic carbocycles. The summed E-state index contributed by atoms with van der Waals surface area (Å²) in [5.74, 6) is 0.121. The third-order valence-electron chi connectivity index (χ3n) is 5.15. The van der Waals surface area contributed by atoms with E-state index < -0.39 is 10.0 Å². The maximum Gasteiger partial charge on any atom is 0.257 e. The van der Waals surface area contributed by atoms with E-state index in [4.69, 9.17) is 9.47 Å². The van der Waals surface area contributed by atoms with Gasteiger partial charge in [-0.3, -0.25) is 4.79 Å². The molecule has 0 unspecified atom stereocenters. The highest BCUT2D eigenvalue weighted by molar-refractivity contribution is 7.89. The summed E-state index contributed by atoms with van der Waals surface area (Å²) in [6, 6.07) is 4.41. The van der Waals surface area contributed by atoms with Crippen LogP contribution in [0, 0.1) is 0 Å². The van der Waals surface area contributed by atoms with Gasteiger partial charge < -0.3 is 19.3 Å². The number of carbonyl (C=O) groups excluding carboxylic acids is 1. The molecule has 0 bridgehead atoms. The number of benzene rings is 1. The topological polar surface area (TPSA) is 88.2 Å². The second-order valence-electron chi connectivity index (χ2n) is 7.07. The van der Waals surface area contributed by atoms with Crippen molar-refractivity contribution in [3.05, 3.63) is 23.8 Å². The lowest BCUT2D eigenvalue weighted by molar-refractivity contribution is 0.0300. The lowest BCUT2D eigenvalue weighted by atomic mass is 10.1. The number of ether oxygens (including phenoxy) is 2. The molecule has 0 saturated carbocycles. The molecule has 0 radical (unpaired) electrons. The number of morpholine rings is 1. The van der Waals surface area contributed by atoms with Gasteiger partial charge >= 0.3 is 0 Å². The predicted octanol–water partition coefficient (Wildman–Crippen LogP) is 0.932. The summed E-state index contributed by atoms with van der Waals surface area (Å²) < 4.78 is 38.5. The first kappa shape index (κ1) is 21.0. The second-order valence-corrected chi connectivity index (χ2v) is 8.83. The number of methoxy groups -OCH3 is 1. The van der Waals surface area contributed by atoms with Crippen molar-refractivity contribution < 1.29 is 22.7 Å². The minimum atomic E-state index is -3.69. The molecular weight excluding hydrogens is 382 g/mol. The first-order valence-electron chi connectivity index (χ1n) is 9.78. The molecule has 2 aliphatic heterocycles. The van der Waals surface area contributed by atoms with Crippen molar-refractivity contribution in [2.75, 3.05) is 59.6 Å². The summed E-state index contributed by atoms with van der Waals surface area (Å²) in [4.78, 5) is 16.9. The SMILES string of the molecule is COc1ccc(S(=O)(=O)NCCCN2CCCC2)cc1C(=O)N1CCOCC1. The van der Waals surface area contributed by atoms with E-state index in [0.717, 1.165) is 26.1 Å². The standard InChI is InChI=1S/C19H29N3O5S/c1-26-18-6-5-16(15-17(18)19(23)22-11-13-27-14-12-22)28(24,25)20-7-4-10-21-8-2-3-9-21/h5-6,15,20H,2-4,7-14H2,1H3. The van der Waals surface area contributed by atoms with E-state index >= 15 is 0 Å². The van der Waals surface area contributed by atoms with Crippen LogP contribution in [-0.2, 0) is 14.8 Å². The fourth-order valence-corrected chi connectivity index (χ4v) is 4.66. The molecule has 2 saturated heterocycles. The summed E-state index contributed by atoms with van der Waals surface area (Å²) in [6.07, 6.45) is 3.20. The molecule has 0 atom stereocenters. The maximum atomic E-state index is 12.8. The molecule has 28 heavy (non-hydrogen) atoms. The molecular formula is C19H29N3O5S. The minimum absolute atomic E-state index is 0.0751. The molecule has 9 heteroatoms. The van der Waals surface area contributed by atoms with Crippen LogP contribution in [0.2, 0.25) is 0 Å². The first-order chi connectivity index (χ1) is 13.5. The molecule has 2 heterocycles. The highest BCUT2D eigenvalue weighted by Gasteiger charge is 2.24. The molecule has 8 nitrogen and oxygen atoms in total. The van der Waals surface area contributed by atoms with Crippen molar-refractivity contribution in [2.24, 2.45) is 0 Å². The third-order valence-corrected chi connectivity index (χ3v) is 6.61. The molecule has 156 valence electrons. The lowest BCUT2D eigenvalue weighted by Crippen LogP contribution is -2.40. The van der Waals surface area contributed by atoms with E-state index in [-0.39, 0.29) is 16.4 Å². The van der Waals surface area contributed by atoms with E-state index in [2.05, 4.69) is 9.62 Å². The Bertz CT molecular complexity index is 772. The second kappa shape index (κ2) is 9.69. The van der Waals surface area contributed by atoms with E-state index in [9.17, 15) is 13.2 Å². The summed E-state index contributed by atoms with van der Waals surface area (Å²) in [5.41, 5.74) is 0.254. The zero-order valence-corrected chi connectivity index (χ0v) is 17.2. The Morgan fingerprint density at radius 3 is 2.57 bits per heavy atom. The smallest absolute Gasteiger partial charge is 0.257 e. The van der Waals surface area contributed by atoms with E-state index in [0.29, 0.717) is 38.6 Å².